The molecule has 3 heterocycles. The highest BCUT2D eigenvalue weighted by Gasteiger charge is 2.73. The minimum atomic E-state index is -1.15. The van der Waals surface area contributed by atoms with E-state index in [1.54, 1.807) is 17.0 Å². The van der Waals surface area contributed by atoms with Gasteiger partial charge in [0.15, 0.2) is 0 Å². The molecule has 37 heavy (non-hydrogen) atoms. The van der Waals surface area contributed by atoms with Crippen LogP contribution in [-0.4, -0.2) is 52.5 Å². The molecule has 0 unspecified atom stereocenters. The number of aryl methyl sites for hydroxylation is 1. The highest BCUT2D eigenvalue weighted by atomic mass is 35.5. The molecule has 2 saturated heterocycles. The third-order valence-electron chi connectivity index (χ3n) is 9.40. The lowest BCUT2D eigenvalue weighted by atomic mass is 9.73. The van der Waals surface area contributed by atoms with Crippen LogP contribution in [0.25, 0.3) is 0 Å². The standard InChI is InChI=1S/C29H38ClN3O4/c1-6-17(4)33-25(27(35)32-21-9-7-8-15(2)18(21)5)29-13-12-22(37-29)23(24(29)28(33)36)26(34)31-19-11-10-16(3)20(30)14-19/h10-15,17-18,21-25H,6-9H2,1-5H3,(H,31,34)(H,32,35)/t15-,17-,18+,21+,22+,23+,24+,25-,29-/m0/s1. The smallest absolute Gasteiger partial charge is 0.246 e. The first-order valence-electron chi connectivity index (χ1n) is 13.7. The van der Waals surface area contributed by atoms with E-state index in [4.69, 9.17) is 16.3 Å². The van der Waals surface area contributed by atoms with Crippen molar-refractivity contribution in [1.82, 2.24) is 10.2 Å². The lowest BCUT2D eigenvalue weighted by Gasteiger charge is -2.39. The van der Waals surface area contributed by atoms with Gasteiger partial charge in [0, 0.05) is 22.8 Å². The first kappa shape index (κ1) is 26.2. The number of ether oxygens (including phenoxy) is 1. The molecular weight excluding hydrogens is 490 g/mol. The molecule has 2 N–H and O–H groups in total. The van der Waals surface area contributed by atoms with Gasteiger partial charge in [0.1, 0.15) is 11.6 Å². The Balaban J connectivity index is 1.45. The minimum absolute atomic E-state index is 0.0635. The highest BCUT2D eigenvalue weighted by molar-refractivity contribution is 6.31. The molecule has 1 aromatic rings. The molecule has 1 aliphatic carbocycles. The quantitative estimate of drug-likeness (QED) is 0.534. The van der Waals surface area contributed by atoms with Gasteiger partial charge in [-0.1, -0.05) is 63.4 Å². The summed E-state index contributed by atoms with van der Waals surface area (Å²) in [5, 5.41) is 6.79. The second-order valence-corrected chi connectivity index (χ2v) is 11.9. The molecule has 3 fully saturated rings. The lowest BCUT2D eigenvalue weighted by molar-refractivity contribution is -0.144. The fraction of sp³-hybridized carbons (Fsp3) is 0.621. The first-order valence-corrected chi connectivity index (χ1v) is 14.0. The van der Waals surface area contributed by atoms with Gasteiger partial charge in [0.05, 0.1) is 17.9 Å². The van der Waals surface area contributed by atoms with Gasteiger partial charge in [-0.05, 0) is 56.2 Å². The lowest BCUT2D eigenvalue weighted by Crippen LogP contribution is -2.59. The molecule has 1 aromatic carbocycles. The number of amides is 3. The van der Waals surface area contributed by atoms with E-state index in [1.165, 1.54) is 0 Å². The summed E-state index contributed by atoms with van der Waals surface area (Å²) in [6, 6.07) is 4.44. The molecule has 9 atom stereocenters. The predicted molar refractivity (Wildman–Crippen MR) is 143 cm³/mol. The molecule has 200 valence electrons. The fourth-order valence-electron chi connectivity index (χ4n) is 6.82. The van der Waals surface area contributed by atoms with E-state index < -0.39 is 29.6 Å². The average molecular weight is 528 g/mol. The Morgan fingerprint density at radius 3 is 2.70 bits per heavy atom. The zero-order valence-corrected chi connectivity index (χ0v) is 23.0. The fourth-order valence-corrected chi connectivity index (χ4v) is 7.00. The highest BCUT2D eigenvalue weighted by Crippen LogP contribution is 2.56. The van der Waals surface area contributed by atoms with E-state index in [9.17, 15) is 14.4 Å². The van der Waals surface area contributed by atoms with Gasteiger partial charge < -0.3 is 20.3 Å². The van der Waals surface area contributed by atoms with Crippen LogP contribution in [0.2, 0.25) is 5.02 Å². The van der Waals surface area contributed by atoms with Crippen LogP contribution in [0.5, 0.6) is 0 Å². The Morgan fingerprint density at radius 2 is 2.00 bits per heavy atom. The summed E-state index contributed by atoms with van der Waals surface area (Å²) in [5.74, 6) is -1.26. The number of likely N-dealkylation sites (tertiary alicyclic amines) is 1. The first-order chi connectivity index (χ1) is 17.6. The van der Waals surface area contributed by atoms with E-state index in [1.807, 2.05) is 39.0 Å². The Hall–Kier alpha value is -2.38. The number of hydrogen-bond acceptors (Lipinski definition) is 4. The summed E-state index contributed by atoms with van der Waals surface area (Å²) in [6.45, 7) is 10.3. The van der Waals surface area contributed by atoms with Crippen LogP contribution in [0.4, 0.5) is 5.69 Å². The number of carbonyl (C=O) groups excluding carboxylic acids is 3. The van der Waals surface area contributed by atoms with Crippen LogP contribution in [0.15, 0.2) is 30.4 Å². The van der Waals surface area contributed by atoms with Gasteiger partial charge in [-0.2, -0.15) is 0 Å². The van der Waals surface area contributed by atoms with Crippen molar-refractivity contribution in [2.24, 2.45) is 23.7 Å². The van der Waals surface area contributed by atoms with Crippen LogP contribution >= 0.6 is 11.6 Å². The number of nitrogens with one attached hydrogen (secondary N) is 2. The van der Waals surface area contributed by atoms with Crippen LogP contribution in [0.1, 0.15) is 58.9 Å². The van der Waals surface area contributed by atoms with Crippen LogP contribution in [0, 0.1) is 30.6 Å². The Labute approximate surface area is 224 Å². The number of nitrogens with zero attached hydrogens (tertiary/aromatic N) is 1. The molecule has 4 aliphatic rings. The molecule has 3 aliphatic heterocycles. The zero-order valence-electron chi connectivity index (χ0n) is 22.3. The van der Waals surface area contributed by atoms with Crippen molar-refractivity contribution in [3.63, 3.8) is 0 Å². The molecular formula is C29H38ClN3O4. The van der Waals surface area contributed by atoms with Gasteiger partial charge in [-0.3, -0.25) is 14.4 Å². The number of benzene rings is 1. The maximum Gasteiger partial charge on any atom is 0.246 e. The van der Waals surface area contributed by atoms with Crippen LogP contribution in [-0.2, 0) is 19.1 Å². The van der Waals surface area contributed by atoms with Crippen molar-refractivity contribution >= 4 is 35.0 Å². The predicted octanol–water partition coefficient (Wildman–Crippen LogP) is 4.48. The largest absolute Gasteiger partial charge is 0.359 e. The van der Waals surface area contributed by atoms with Gasteiger partial charge in [0.2, 0.25) is 17.7 Å². The van der Waals surface area contributed by atoms with Crippen molar-refractivity contribution in [2.75, 3.05) is 5.32 Å². The van der Waals surface area contributed by atoms with Crippen LogP contribution in [0.3, 0.4) is 0 Å². The Kier molecular flexibility index (Phi) is 6.90. The summed E-state index contributed by atoms with van der Waals surface area (Å²) in [6.07, 6.45) is 7.03. The third kappa shape index (κ3) is 4.19. The van der Waals surface area contributed by atoms with E-state index in [0.717, 1.165) is 24.8 Å². The van der Waals surface area contributed by atoms with Crippen molar-refractivity contribution in [3.05, 3.63) is 40.9 Å². The molecule has 7 nitrogen and oxygen atoms in total. The number of fused-ring (bicyclic) bond motifs is 1. The molecule has 3 amide bonds. The van der Waals surface area contributed by atoms with Gasteiger partial charge in [0.25, 0.3) is 0 Å². The van der Waals surface area contributed by atoms with Gasteiger partial charge in [-0.15, -0.1) is 0 Å². The summed E-state index contributed by atoms with van der Waals surface area (Å²) in [4.78, 5) is 43.2. The summed E-state index contributed by atoms with van der Waals surface area (Å²) >= 11 is 6.26. The van der Waals surface area contributed by atoms with Gasteiger partial charge in [-0.25, -0.2) is 0 Å². The zero-order chi connectivity index (χ0) is 26.6. The van der Waals surface area contributed by atoms with Gasteiger partial charge >= 0.3 is 0 Å². The topological polar surface area (TPSA) is 87.7 Å². The van der Waals surface area contributed by atoms with Crippen LogP contribution < -0.4 is 10.6 Å². The number of carbonyl (C=O) groups is 3. The summed E-state index contributed by atoms with van der Waals surface area (Å²) in [7, 11) is 0. The minimum Gasteiger partial charge on any atom is -0.359 e. The maximum absolute atomic E-state index is 14.0. The molecule has 2 bridgehead atoms. The molecule has 1 saturated carbocycles. The monoisotopic (exact) mass is 527 g/mol. The third-order valence-corrected chi connectivity index (χ3v) is 9.81. The number of rotatable bonds is 6. The van der Waals surface area contributed by atoms with E-state index in [-0.39, 0.29) is 29.8 Å². The number of hydrogen-bond donors (Lipinski definition) is 2. The maximum atomic E-state index is 14.0. The molecule has 5 rings (SSSR count). The average Bonchev–Trinajstić information content (AvgIpc) is 3.51. The normalized spacial score (nSPS) is 37.0. The van der Waals surface area contributed by atoms with Crippen molar-refractivity contribution < 1.29 is 19.1 Å². The van der Waals surface area contributed by atoms with Crippen molar-refractivity contribution in [2.45, 2.75) is 90.1 Å². The summed E-state index contributed by atoms with van der Waals surface area (Å²) < 4.78 is 6.44. The number of anilines is 1. The van der Waals surface area contributed by atoms with E-state index in [2.05, 4.69) is 24.5 Å². The Morgan fingerprint density at radius 1 is 1.24 bits per heavy atom. The summed E-state index contributed by atoms with van der Waals surface area (Å²) in [5.41, 5.74) is 0.335. The molecule has 0 aromatic heterocycles. The van der Waals surface area contributed by atoms with Crippen molar-refractivity contribution in [3.8, 4) is 0 Å². The molecule has 1 spiro atoms. The van der Waals surface area contributed by atoms with Crippen molar-refractivity contribution in [1.29, 1.82) is 0 Å². The second-order valence-electron chi connectivity index (χ2n) is 11.5. The second kappa shape index (κ2) is 9.73. The Bertz CT molecular complexity index is 1140. The van der Waals surface area contributed by atoms with E-state index in [0.29, 0.717) is 29.0 Å². The SMILES string of the molecule is CC[C@H](C)N1C(=O)[C@H]2[C@H](C(=O)Nc3ccc(C)c(Cl)c3)[C@H]3C=C[C@@]2(O3)[C@@H]1C(=O)N[C@@H]1CCC[C@H](C)[C@H]1C. The number of halogens is 1. The van der Waals surface area contributed by atoms with E-state index >= 15 is 0 Å². The molecule has 0 radical (unpaired) electrons. The molecule has 8 heteroatoms.